The maximum Gasteiger partial charge on any atom is 0.0226 e. The Kier molecular flexibility index (Phi) is 7.09. The Balaban J connectivity index is 2.26. The van der Waals surface area contributed by atoms with Crippen LogP contribution in [-0.2, 0) is 0 Å². The lowest BCUT2D eigenvalue weighted by Gasteiger charge is -2.32. The molecule has 1 aliphatic heterocycles. The second kappa shape index (κ2) is 8.06. The van der Waals surface area contributed by atoms with Crippen LogP contribution in [0.3, 0.4) is 0 Å². The second-order valence-corrected chi connectivity index (χ2v) is 5.70. The van der Waals surface area contributed by atoms with E-state index in [2.05, 4.69) is 43.1 Å². The van der Waals surface area contributed by atoms with Gasteiger partial charge < -0.3 is 10.2 Å². The summed E-state index contributed by atoms with van der Waals surface area (Å²) in [6, 6.07) is 1.45. The quantitative estimate of drug-likeness (QED) is 0.654. The van der Waals surface area contributed by atoms with Crippen molar-refractivity contribution >= 4 is 0 Å². The highest BCUT2D eigenvalue weighted by atomic mass is 15.2. The Labute approximate surface area is 108 Å². The molecule has 0 aromatic carbocycles. The van der Waals surface area contributed by atoms with Gasteiger partial charge in [-0.2, -0.15) is 0 Å². The van der Waals surface area contributed by atoms with Crippen LogP contribution in [0.25, 0.3) is 0 Å². The largest absolute Gasteiger partial charge is 0.315 e. The van der Waals surface area contributed by atoms with Gasteiger partial charge in [0.15, 0.2) is 0 Å². The molecule has 0 bridgehead atoms. The van der Waals surface area contributed by atoms with E-state index in [1.165, 1.54) is 45.3 Å². The average molecular weight is 241 g/mol. The van der Waals surface area contributed by atoms with Crippen LogP contribution in [0.4, 0.5) is 0 Å². The molecule has 1 fully saturated rings. The molecule has 1 N–H and O–H groups in total. The van der Waals surface area contributed by atoms with Crippen molar-refractivity contribution in [1.82, 2.24) is 15.1 Å². The van der Waals surface area contributed by atoms with Gasteiger partial charge in [-0.1, -0.05) is 13.3 Å². The Morgan fingerprint density at radius 3 is 2.82 bits per heavy atom. The van der Waals surface area contributed by atoms with E-state index in [-0.39, 0.29) is 0 Å². The summed E-state index contributed by atoms with van der Waals surface area (Å²) in [6.07, 6.45) is 5.33. The van der Waals surface area contributed by atoms with Crippen LogP contribution in [0.15, 0.2) is 0 Å². The smallest absolute Gasteiger partial charge is 0.0226 e. The molecule has 0 radical (unpaired) electrons. The molecule has 0 spiro atoms. The van der Waals surface area contributed by atoms with E-state index in [1.54, 1.807) is 0 Å². The molecule has 0 aliphatic carbocycles. The molecule has 3 nitrogen and oxygen atoms in total. The summed E-state index contributed by atoms with van der Waals surface area (Å²) in [4.78, 5) is 5.01. The van der Waals surface area contributed by atoms with Crippen LogP contribution >= 0.6 is 0 Å². The van der Waals surface area contributed by atoms with Gasteiger partial charge in [0.2, 0.25) is 0 Å². The highest BCUT2D eigenvalue weighted by Crippen LogP contribution is 2.20. The Morgan fingerprint density at radius 2 is 2.18 bits per heavy atom. The Morgan fingerprint density at radius 1 is 1.41 bits per heavy atom. The standard InChI is InChI=1S/C14H31N3/c1-5-6-9-15-11-13(2)17-10-7-8-14(17)12-16(3)4/h13-15H,5-12H2,1-4H3. The van der Waals surface area contributed by atoms with Crippen LogP contribution in [0, 0.1) is 0 Å². The van der Waals surface area contributed by atoms with E-state index < -0.39 is 0 Å². The van der Waals surface area contributed by atoms with E-state index in [0.717, 1.165) is 12.6 Å². The topological polar surface area (TPSA) is 18.5 Å². The molecule has 102 valence electrons. The normalized spacial score (nSPS) is 23.5. The first-order valence-electron chi connectivity index (χ1n) is 7.26. The molecule has 0 amide bonds. The van der Waals surface area contributed by atoms with Gasteiger partial charge in [0, 0.05) is 25.2 Å². The molecule has 1 heterocycles. The molecule has 0 aromatic rings. The average Bonchev–Trinajstić information content (AvgIpc) is 2.71. The van der Waals surface area contributed by atoms with Crippen molar-refractivity contribution in [2.75, 3.05) is 40.3 Å². The number of unbranched alkanes of at least 4 members (excludes halogenated alkanes) is 1. The number of likely N-dealkylation sites (N-methyl/N-ethyl adjacent to an activating group) is 1. The zero-order chi connectivity index (χ0) is 12.7. The van der Waals surface area contributed by atoms with Gasteiger partial charge in [-0.3, -0.25) is 4.90 Å². The van der Waals surface area contributed by atoms with Crippen molar-refractivity contribution in [3.05, 3.63) is 0 Å². The molecule has 1 aliphatic rings. The van der Waals surface area contributed by atoms with Gasteiger partial charge >= 0.3 is 0 Å². The van der Waals surface area contributed by atoms with Gasteiger partial charge in [-0.15, -0.1) is 0 Å². The minimum absolute atomic E-state index is 0.680. The fourth-order valence-corrected chi connectivity index (χ4v) is 2.79. The summed E-state index contributed by atoms with van der Waals surface area (Å²) in [5, 5.41) is 3.58. The number of rotatable bonds is 8. The predicted molar refractivity (Wildman–Crippen MR) is 75.5 cm³/mol. The van der Waals surface area contributed by atoms with Crippen molar-refractivity contribution in [1.29, 1.82) is 0 Å². The zero-order valence-electron chi connectivity index (χ0n) is 12.2. The van der Waals surface area contributed by atoms with Crippen LogP contribution < -0.4 is 5.32 Å². The Hall–Kier alpha value is -0.120. The molecular weight excluding hydrogens is 210 g/mol. The highest BCUT2D eigenvalue weighted by molar-refractivity contribution is 4.85. The van der Waals surface area contributed by atoms with E-state index in [9.17, 15) is 0 Å². The van der Waals surface area contributed by atoms with Crippen LogP contribution in [0.1, 0.15) is 39.5 Å². The SMILES string of the molecule is CCCCNCC(C)N1CCCC1CN(C)C. The first-order chi connectivity index (χ1) is 8.15. The molecule has 0 saturated carbocycles. The van der Waals surface area contributed by atoms with Gasteiger partial charge in [0.05, 0.1) is 0 Å². The molecular formula is C14H31N3. The molecule has 0 aromatic heterocycles. The van der Waals surface area contributed by atoms with E-state index >= 15 is 0 Å². The molecule has 1 saturated heterocycles. The lowest BCUT2D eigenvalue weighted by molar-refractivity contribution is 0.159. The minimum atomic E-state index is 0.680. The number of likely N-dealkylation sites (tertiary alicyclic amines) is 1. The third-order valence-electron chi connectivity index (χ3n) is 3.71. The lowest BCUT2D eigenvalue weighted by Crippen LogP contribution is -2.46. The summed E-state index contributed by atoms with van der Waals surface area (Å²) in [7, 11) is 4.36. The van der Waals surface area contributed by atoms with Crippen LogP contribution in [-0.4, -0.2) is 62.2 Å². The maximum atomic E-state index is 3.58. The third kappa shape index (κ3) is 5.36. The third-order valence-corrected chi connectivity index (χ3v) is 3.71. The molecule has 2 atom stereocenters. The zero-order valence-corrected chi connectivity index (χ0v) is 12.2. The van der Waals surface area contributed by atoms with Crippen molar-refractivity contribution in [2.24, 2.45) is 0 Å². The van der Waals surface area contributed by atoms with E-state index in [0.29, 0.717) is 6.04 Å². The molecule has 1 rings (SSSR count). The lowest BCUT2D eigenvalue weighted by atomic mass is 10.2. The van der Waals surface area contributed by atoms with Gasteiger partial charge in [0.1, 0.15) is 0 Å². The van der Waals surface area contributed by atoms with Gasteiger partial charge in [-0.05, 0) is 53.4 Å². The summed E-state index contributed by atoms with van der Waals surface area (Å²) in [6.45, 7) is 9.43. The number of nitrogens with one attached hydrogen (secondary N) is 1. The fourth-order valence-electron chi connectivity index (χ4n) is 2.79. The van der Waals surface area contributed by atoms with Gasteiger partial charge in [0.25, 0.3) is 0 Å². The predicted octanol–water partition coefficient (Wildman–Crippen LogP) is 1.79. The monoisotopic (exact) mass is 241 g/mol. The highest BCUT2D eigenvalue weighted by Gasteiger charge is 2.28. The van der Waals surface area contributed by atoms with E-state index in [1.807, 2.05) is 0 Å². The first kappa shape index (κ1) is 14.9. The summed E-state index contributed by atoms with van der Waals surface area (Å²) >= 11 is 0. The summed E-state index contributed by atoms with van der Waals surface area (Å²) in [5.41, 5.74) is 0. The van der Waals surface area contributed by atoms with Crippen molar-refractivity contribution in [2.45, 2.75) is 51.6 Å². The summed E-state index contributed by atoms with van der Waals surface area (Å²) < 4.78 is 0. The van der Waals surface area contributed by atoms with Gasteiger partial charge in [-0.25, -0.2) is 0 Å². The summed E-state index contributed by atoms with van der Waals surface area (Å²) in [5.74, 6) is 0. The maximum absolute atomic E-state index is 3.58. The van der Waals surface area contributed by atoms with Crippen molar-refractivity contribution < 1.29 is 0 Å². The minimum Gasteiger partial charge on any atom is -0.315 e. The van der Waals surface area contributed by atoms with E-state index in [4.69, 9.17) is 0 Å². The van der Waals surface area contributed by atoms with Crippen LogP contribution in [0.2, 0.25) is 0 Å². The Bertz CT molecular complexity index is 194. The van der Waals surface area contributed by atoms with Crippen LogP contribution in [0.5, 0.6) is 0 Å². The first-order valence-corrected chi connectivity index (χ1v) is 7.26. The molecule has 2 unspecified atom stereocenters. The number of hydrogen-bond donors (Lipinski definition) is 1. The fraction of sp³-hybridized carbons (Fsp3) is 1.00. The number of hydrogen-bond acceptors (Lipinski definition) is 3. The van der Waals surface area contributed by atoms with Crippen molar-refractivity contribution in [3.8, 4) is 0 Å². The van der Waals surface area contributed by atoms with Crippen molar-refractivity contribution in [3.63, 3.8) is 0 Å². The number of nitrogens with zero attached hydrogens (tertiary/aromatic N) is 2. The second-order valence-electron chi connectivity index (χ2n) is 5.70. The molecule has 3 heteroatoms. The molecule has 17 heavy (non-hydrogen) atoms.